The highest BCUT2D eigenvalue weighted by molar-refractivity contribution is 7.99. The van der Waals surface area contributed by atoms with E-state index in [-0.39, 0.29) is 17.7 Å². The lowest BCUT2D eigenvalue weighted by molar-refractivity contribution is -0.119. The number of thioether (sulfide) groups is 1. The van der Waals surface area contributed by atoms with Gasteiger partial charge in [0.15, 0.2) is 10.9 Å². The second kappa shape index (κ2) is 10.2. The number of nitrogens with zero attached hydrogens (tertiary/aromatic N) is 3. The average Bonchev–Trinajstić information content (AvgIpc) is 3.48. The highest BCUT2D eigenvalue weighted by Crippen LogP contribution is 2.27. The fourth-order valence-corrected chi connectivity index (χ4v) is 4.16. The van der Waals surface area contributed by atoms with Gasteiger partial charge in [-0.15, -0.1) is 10.2 Å². The minimum atomic E-state index is -0.180. The number of para-hydroxylation sites is 1. The van der Waals surface area contributed by atoms with Crippen molar-refractivity contribution < 1.29 is 13.9 Å². The van der Waals surface area contributed by atoms with Crippen LogP contribution in [0.15, 0.2) is 82.6 Å². The van der Waals surface area contributed by atoms with Gasteiger partial charge < -0.3 is 14.5 Å². The Hall–Kier alpha value is -3.52. The lowest BCUT2D eigenvalue weighted by Gasteiger charge is -2.17. The fourth-order valence-electron chi connectivity index (χ4n) is 3.41. The van der Waals surface area contributed by atoms with Crippen molar-refractivity contribution in [2.75, 3.05) is 12.9 Å². The van der Waals surface area contributed by atoms with Crippen LogP contribution in [0.5, 0.6) is 5.75 Å². The molecule has 1 N–H and O–H groups in total. The number of hydrogen-bond donors (Lipinski definition) is 1. The van der Waals surface area contributed by atoms with Crippen molar-refractivity contribution in [3.63, 3.8) is 0 Å². The zero-order chi connectivity index (χ0) is 22.3. The van der Waals surface area contributed by atoms with Crippen LogP contribution in [0.4, 0.5) is 0 Å². The topological polar surface area (TPSA) is 82.2 Å². The Balaban J connectivity index is 1.47. The first-order valence-electron chi connectivity index (χ1n) is 10.2. The number of carbonyl (C=O) groups is 1. The second-order valence-electron chi connectivity index (χ2n) is 7.18. The van der Waals surface area contributed by atoms with E-state index in [9.17, 15) is 4.79 Å². The molecule has 1 atom stereocenters. The van der Waals surface area contributed by atoms with Crippen LogP contribution in [0.1, 0.15) is 24.1 Å². The number of ether oxygens (including phenoxy) is 1. The highest BCUT2D eigenvalue weighted by atomic mass is 32.2. The van der Waals surface area contributed by atoms with Crippen LogP contribution in [0.3, 0.4) is 0 Å². The summed E-state index contributed by atoms with van der Waals surface area (Å²) in [6, 6.07) is 21.2. The fraction of sp³-hybridized carbons (Fsp3) is 0.208. The quantitative estimate of drug-likeness (QED) is 0.378. The molecule has 2 aromatic heterocycles. The molecule has 2 heterocycles. The number of rotatable bonds is 9. The maximum absolute atomic E-state index is 12.7. The molecule has 1 amide bonds. The van der Waals surface area contributed by atoms with Gasteiger partial charge in [-0.1, -0.05) is 60.3 Å². The summed E-state index contributed by atoms with van der Waals surface area (Å²) >= 11 is 1.34. The van der Waals surface area contributed by atoms with E-state index in [0.29, 0.717) is 23.3 Å². The SMILES string of the molecule is COc1ccccc1C(C)NC(=O)CSc1nnc(-c2ccco2)n1Cc1ccccc1. The van der Waals surface area contributed by atoms with Gasteiger partial charge >= 0.3 is 0 Å². The van der Waals surface area contributed by atoms with E-state index in [1.165, 1.54) is 11.8 Å². The number of furan rings is 1. The lowest BCUT2D eigenvalue weighted by Crippen LogP contribution is -2.28. The number of aromatic nitrogens is 3. The minimum Gasteiger partial charge on any atom is -0.496 e. The van der Waals surface area contributed by atoms with Gasteiger partial charge in [0, 0.05) is 5.56 Å². The van der Waals surface area contributed by atoms with E-state index in [0.717, 1.165) is 16.9 Å². The summed E-state index contributed by atoms with van der Waals surface area (Å²) in [7, 11) is 1.62. The van der Waals surface area contributed by atoms with Crippen LogP contribution in [-0.2, 0) is 11.3 Å². The third kappa shape index (κ3) is 5.03. The van der Waals surface area contributed by atoms with Crippen LogP contribution in [0, 0.1) is 0 Å². The Kier molecular flexibility index (Phi) is 6.91. The number of carbonyl (C=O) groups excluding carboxylic acids is 1. The van der Waals surface area contributed by atoms with Gasteiger partial charge in [-0.2, -0.15) is 0 Å². The molecule has 32 heavy (non-hydrogen) atoms. The van der Waals surface area contributed by atoms with Crippen LogP contribution in [-0.4, -0.2) is 33.5 Å². The second-order valence-corrected chi connectivity index (χ2v) is 8.12. The van der Waals surface area contributed by atoms with Gasteiger partial charge in [-0.05, 0) is 30.7 Å². The largest absolute Gasteiger partial charge is 0.496 e. The highest BCUT2D eigenvalue weighted by Gasteiger charge is 2.19. The van der Waals surface area contributed by atoms with Gasteiger partial charge in [0.05, 0.1) is 31.7 Å². The molecular formula is C24H24N4O3S. The molecule has 4 aromatic rings. The molecule has 0 bridgehead atoms. The van der Waals surface area contributed by atoms with Crippen LogP contribution in [0.2, 0.25) is 0 Å². The lowest BCUT2D eigenvalue weighted by atomic mass is 10.1. The number of hydrogen-bond acceptors (Lipinski definition) is 6. The predicted octanol–water partition coefficient (Wildman–Crippen LogP) is 4.56. The molecule has 0 radical (unpaired) electrons. The molecule has 4 rings (SSSR count). The van der Waals surface area contributed by atoms with Crippen molar-refractivity contribution in [3.8, 4) is 17.3 Å². The molecule has 7 nitrogen and oxygen atoms in total. The van der Waals surface area contributed by atoms with Crippen molar-refractivity contribution in [1.29, 1.82) is 0 Å². The van der Waals surface area contributed by atoms with Crippen molar-refractivity contribution in [2.24, 2.45) is 0 Å². The Labute approximate surface area is 190 Å². The molecular weight excluding hydrogens is 424 g/mol. The zero-order valence-electron chi connectivity index (χ0n) is 17.9. The van der Waals surface area contributed by atoms with Crippen LogP contribution in [0.25, 0.3) is 11.6 Å². The third-order valence-electron chi connectivity index (χ3n) is 4.96. The molecule has 0 aliphatic rings. The number of amides is 1. The van der Waals surface area contributed by atoms with Gasteiger partial charge in [0.25, 0.3) is 0 Å². The van der Waals surface area contributed by atoms with Gasteiger partial charge in [-0.3, -0.25) is 9.36 Å². The zero-order valence-corrected chi connectivity index (χ0v) is 18.7. The monoisotopic (exact) mass is 448 g/mol. The maximum atomic E-state index is 12.7. The van der Waals surface area contributed by atoms with Crippen LogP contribution < -0.4 is 10.1 Å². The van der Waals surface area contributed by atoms with E-state index in [1.54, 1.807) is 13.4 Å². The smallest absolute Gasteiger partial charge is 0.230 e. The Morgan fingerprint density at radius 3 is 2.62 bits per heavy atom. The number of methoxy groups -OCH3 is 1. The van der Waals surface area contributed by atoms with E-state index < -0.39 is 0 Å². The van der Waals surface area contributed by atoms with Gasteiger partial charge in [0.1, 0.15) is 5.75 Å². The first kappa shape index (κ1) is 21.7. The molecule has 0 spiro atoms. The summed E-state index contributed by atoms with van der Waals surface area (Å²) in [6.07, 6.45) is 1.61. The summed E-state index contributed by atoms with van der Waals surface area (Å²) < 4.78 is 12.9. The summed E-state index contributed by atoms with van der Waals surface area (Å²) in [5.41, 5.74) is 2.04. The molecule has 0 saturated carbocycles. The molecule has 0 aliphatic heterocycles. The summed E-state index contributed by atoms with van der Waals surface area (Å²) in [5, 5.41) is 12.3. The van der Waals surface area contributed by atoms with E-state index >= 15 is 0 Å². The normalized spacial score (nSPS) is 11.8. The third-order valence-corrected chi connectivity index (χ3v) is 5.92. The van der Waals surface area contributed by atoms with Crippen LogP contribution >= 0.6 is 11.8 Å². The molecule has 0 aliphatic carbocycles. The predicted molar refractivity (Wildman–Crippen MR) is 124 cm³/mol. The van der Waals surface area contributed by atoms with E-state index in [2.05, 4.69) is 15.5 Å². The van der Waals surface area contributed by atoms with Gasteiger partial charge in [0.2, 0.25) is 11.7 Å². The number of benzene rings is 2. The Morgan fingerprint density at radius 1 is 1.09 bits per heavy atom. The minimum absolute atomic E-state index is 0.0952. The number of nitrogens with one attached hydrogen (secondary N) is 1. The molecule has 0 fully saturated rings. The molecule has 1 unspecified atom stereocenters. The Bertz CT molecular complexity index is 1160. The maximum Gasteiger partial charge on any atom is 0.230 e. The van der Waals surface area contributed by atoms with Gasteiger partial charge in [-0.25, -0.2) is 0 Å². The average molecular weight is 449 g/mol. The Morgan fingerprint density at radius 2 is 1.88 bits per heavy atom. The summed E-state index contributed by atoms with van der Waals surface area (Å²) in [5.74, 6) is 2.13. The van der Waals surface area contributed by atoms with Crippen molar-refractivity contribution in [1.82, 2.24) is 20.1 Å². The van der Waals surface area contributed by atoms with Crippen molar-refractivity contribution >= 4 is 17.7 Å². The molecule has 8 heteroatoms. The molecule has 0 saturated heterocycles. The molecule has 2 aromatic carbocycles. The van der Waals surface area contributed by atoms with E-state index in [1.807, 2.05) is 78.2 Å². The first-order chi connectivity index (χ1) is 15.7. The van der Waals surface area contributed by atoms with E-state index in [4.69, 9.17) is 9.15 Å². The van der Waals surface area contributed by atoms with Crippen molar-refractivity contribution in [2.45, 2.75) is 24.7 Å². The summed E-state index contributed by atoms with van der Waals surface area (Å²) in [6.45, 7) is 2.51. The molecule has 164 valence electrons. The standard InChI is InChI=1S/C24H24N4O3S/c1-17(19-11-6-7-12-20(19)30-2)25-22(29)16-32-24-27-26-23(21-13-8-14-31-21)28(24)15-18-9-4-3-5-10-18/h3-14,17H,15-16H2,1-2H3,(H,25,29). The first-order valence-corrected chi connectivity index (χ1v) is 11.2. The van der Waals surface area contributed by atoms with Crippen molar-refractivity contribution in [3.05, 3.63) is 84.1 Å². The summed E-state index contributed by atoms with van der Waals surface area (Å²) in [4.78, 5) is 12.7.